The number of para-hydroxylation sites is 1. The first kappa shape index (κ1) is 12.9. The molecule has 0 spiro atoms. The average molecular weight is 297 g/mol. The quantitative estimate of drug-likeness (QED) is 0.906. The molecule has 0 amide bonds. The minimum atomic E-state index is 0.218. The standard InChI is InChI=1S/C14H21BrN2/c1-14(2)8-7-11(9-16)10-17(14)13-6-4-3-5-12(13)15/h3-6,11H,7-10,16H2,1-2H3. The first-order chi connectivity index (χ1) is 8.04. The zero-order valence-corrected chi connectivity index (χ0v) is 12.2. The summed E-state index contributed by atoms with van der Waals surface area (Å²) in [4.78, 5) is 2.50. The van der Waals surface area contributed by atoms with Gasteiger partial charge in [0.15, 0.2) is 0 Å². The molecular formula is C14H21BrN2. The van der Waals surface area contributed by atoms with Crippen molar-refractivity contribution in [2.75, 3.05) is 18.0 Å². The van der Waals surface area contributed by atoms with Crippen LogP contribution < -0.4 is 10.6 Å². The Labute approximate surface area is 112 Å². The Balaban J connectivity index is 2.30. The summed E-state index contributed by atoms with van der Waals surface area (Å²) in [5.41, 5.74) is 7.34. The van der Waals surface area contributed by atoms with Crippen molar-refractivity contribution >= 4 is 21.6 Å². The van der Waals surface area contributed by atoms with E-state index in [2.05, 4.69) is 58.9 Å². The van der Waals surface area contributed by atoms with E-state index in [1.807, 2.05) is 0 Å². The molecule has 3 heteroatoms. The maximum absolute atomic E-state index is 5.83. The molecular weight excluding hydrogens is 276 g/mol. The minimum Gasteiger partial charge on any atom is -0.365 e. The maximum Gasteiger partial charge on any atom is 0.0515 e. The van der Waals surface area contributed by atoms with Crippen molar-refractivity contribution in [2.24, 2.45) is 11.7 Å². The average Bonchev–Trinajstić information content (AvgIpc) is 2.30. The van der Waals surface area contributed by atoms with Crippen molar-refractivity contribution < 1.29 is 0 Å². The number of piperidine rings is 1. The Hall–Kier alpha value is -0.540. The van der Waals surface area contributed by atoms with Gasteiger partial charge in [-0.25, -0.2) is 0 Å². The van der Waals surface area contributed by atoms with E-state index >= 15 is 0 Å². The molecule has 0 bridgehead atoms. The smallest absolute Gasteiger partial charge is 0.0515 e. The number of hydrogen-bond donors (Lipinski definition) is 1. The van der Waals surface area contributed by atoms with E-state index in [0.717, 1.165) is 13.1 Å². The lowest BCUT2D eigenvalue weighted by Gasteiger charge is -2.47. The third-order valence-corrected chi connectivity index (χ3v) is 4.48. The summed E-state index contributed by atoms with van der Waals surface area (Å²) in [6, 6.07) is 8.45. The lowest BCUT2D eigenvalue weighted by molar-refractivity contribution is 0.294. The molecule has 1 atom stereocenters. The van der Waals surface area contributed by atoms with E-state index in [4.69, 9.17) is 5.73 Å². The van der Waals surface area contributed by atoms with Gasteiger partial charge in [0.2, 0.25) is 0 Å². The number of anilines is 1. The molecule has 1 aromatic carbocycles. The van der Waals surface area contributed by atoms with Crippen molar-refractivity contribution in [3.63, 3.8) is 0 Å². The van der Waals surface area contributed by atoms with E-state index in [-0.39, 0.29) is 5.54 Å². The van der Waals surface area contributed by atoms with Gasteiger partial charge in [0.25, 0.3) is 0 Å². The van der Waals surface area contributed by atoms with Crippen molar-refractivity contribution in [3.05, 3.63) is 28.7 Å². The van der Waals surface area contributed by atoms with Gasteiger partial charge in [-0.1, -0.05) is 12.1 Å². The molecule has 1 aliphatic rings. The molecule has 1 saturated heterocycles. The summed E-state index contributed by atoms with van der Waals surface area (Å²) < 4.78 is 1.17. The predicted molar refractivity (Wildman–Crippen MR) is 77.3 cm³/mol. The summed E-state index contributed by atoms with van der Waals surface area (Å²) in [5, 5.41) is 0. The van der Waals surface area contributed by atoms with Crippen LogP contribution in [0.15, 0.2) is 28.7 Å². The fourth-order valence-electron chi connectivity index (χ4n) is 2.58. The van der Waals surface area contributed by atoms with Crippen molar-refractivity contribution in [1.82, 2.24) is 0 Å². The van der Waals surface area contributed by atoms with Gasteiger partial charge in [0.1, 0.15) is 0 Å². The SMILES string of the molecule is CC1(C)CCC(CN)CN1c1ccccc1Br. The van der Waals surface area contributed by atoms with Crippen LogP contribution >= 0.6 is 15.9 Å². The van der Waals surface area contributed by atoms with E-state index in [9.17, 15) is 0 Å². The van der Waals surface area contributed by atoms with Gasteiger partial charge >= 0.3 is 0 Å². The van der Waals surface area contributed by atoms with Gasteiger partial charge in [-0.2, -0.15) is 0 Å². The molecule has 0 radical (unpaired) electrons. The van der Waals surface area contributed by atoms with Crippen LogP contribution in [-0.2, 0) is 0 Å². The Kier molecular flexibility index (Phi) is 3.79. The van der Waals surface area contributed by atoms with Gasteiger partial charge in [-0.3, -0.25) is 0 Å². The molecule has 1 unspecified atom stereocenters. The van der Waals surface area contributed by atoms with Crippen LogP contribution in [0.2, 0.25) is 0 Å². The van der Waals surface area contributed by atoms with Crippen LogP contribution in [0.3, 0.4) is 0 Å². The molecule has 17 heavy (non-hydrogen) atoms. The molecule has 1 fully saturated rings. The summed E-state index contributed by atoms with van der Waals surface area (Å²) in [5.74, 6) is 0.620. The van der Waals surface area contributed by atoms with Crippen molar-refractivity contribution in [2.45, 2.75) is 32.2 Å². The maximum atomic E-state index is 5.83. The Bertz CT molecular complexity index is 390. The summed E-state index contributed by atoms with van der Waals surface area (Å²) in [6.45, 7) is 6.49. The molecule has 0 aliphatic carbocycles. The normalized spacial score (nSPS) is 23.8. The highest BCUT2D eigenvalue weighted by atomic mass is 79.9. The van der Waals surface area contributed by atoms with E-state index in [1.165, 1.54) is 23.0 Å². The monoisotopic (exact) mass is 296 g/mol. The zero-order valence-electron chi connectivity index (χ0n) is 10.6. The van der Waals surface area contributed by atoms with Gasteiger partial charge < -0.3 is 10.6 Å². The van der Waals surface area contributed by atoms with Crippen LogP contribution in [0.5, 0.6) is 0 Å². The van der Waals surface area contributed by atoms with Crippen LogP contribution in [0.25, 0.3) is 0 Å². The van der Waals surface area contributed by atoms with E-state index < -0.39 is 0 Å². The molecule has 1 heterocycles. The van der Waals surface area contributed by atoms with Gasteiger partial charge in [0.05, 0.1) is 5.69 Å². The van der Waals surface area contributed by atoms with Gasteiger partial charge in [-0.05, 0) is 67.2 Å². The molecule has 94 valence electrons. The molecule has 1 aromatic rings. The lowest BCUT2D eigenvalue weighted by Crippen LogP contribution is -2.52. The highest BCUT2D eigenvalue weighted by molar-refractivity contribution is 9.10. The van der Waals surface area contributed by atoms with E-state index in [1.54, 1.807) is 0 Å². The first-order valence-corrected chi connectivity index (χ1v) is 7.06. The minimum absolute atomic E-state index is 0.218. The molecule has 2 nitrogen and oxygen atoms in total. The zero-order chi connectivity index (χ0) is 12.5. The summed E-state index contributed by atoms with van der Waals surface area (Å²) in [7, 11) is 0. The molecule has 2 rings (SSSR count). The predicted octanol–water partition coefficient (Wildman–Crippen LogP) is 3.40. The number of rotatable bonds is 2. The Morgan fingerprint density at radius 2 is 2.12 bits per heavy atom. The number of nitrogens with zero attached hydrogens (tertiary/aromatic N) is 1. The third-order valence-electron chi connectivity index (χ3n) is 3.81. The number of nitrogens with two attached hydrogens (primary N) is 1. The Morgan fingerprint density at radius 1 is 1.41 bits per heavy atom. The third kappa shape index (κ3) is 2.66. The second-order valence-corrected chi connectivity index (χ2v) is 6.37. The number of halogens is 1. The van der Waals surface area contributed by atoms with Crippen molar-refractivity contribution in [3.8, 4) is 0 Å². The molecule has 0 aromatic heterocycles. The number of benzene rings is 1. The van der Waals surface area contributed by atoms with Gasteiger partial charge in [-0.15, -0.1) is 0 Å². The van der Waals surface area contributed by atoms with Crippen LogP contribution in [0.1, 0.15) is 26.7 Å². The lowest BCUT2D eigenvalue weighted by atomic mass is 9.84. The van der Waals surface area contributed by atoms with Gasteiger partial charge in [0, 0.05) is 16.6 Å². The van der Waals surface area contributed by atoms with Crippen LogP contribution in [-0.4, -0.2) is 18.6 Å². The van der Waals surface area contributed by atoms with Crippen LogP contribution in [0, 0.1) is 5.92 Å². The molecule has 2 N–H and O–H groups in total. The summed E-state index contributed by atoms with van der Waals surface area (Å²) >= 11 is 3.65. The van der Waals surface area contributed by atoms with Crippen molar-refractivity contribution in [1.29, 1.82) is 0 Å². The second-order valence-electron chi connectivity index (χ2n) is 5.51. The Morgan fingerprint density at radius 3 is 2.76 bits per heavy atom. The topological polar surface area (TPSA) is 29.3 Å². The summed E-state index contributed by atoms with van der Waals surface area (Å²) in [6.07, 6.45) is 2.45. The molecule has 1 aliphatic heterocycles. The largest absolute Gasteiger partial charge is 0.365 e. The second kappa shape index (κ2) is 4.99. The highest BCUT2D eigenvalue weighted by Gasteiger charge is 2.34. The highest BCUT2D eigenvalue weighted by Crippen LogP contribution is 2.37. The van der Waals surface area contributed by atoms with E-state index in [0.29, 0.717) is 5.92 Å². The first-order valence-electron chi connectivity index (χ1n) is 6.27. The van der Waals surface area contributed by atoms with Crippen LogP contribution in [0.4, 0.5) is 5.69 Å². The molecule has 0 saturated carbocycles. The fourth-order valence-corrected chi connectivity index (χ4v) is 3.08. The number of hydrogen-bond acceptors (Lipinski definition) is 2. The fraction of sp³-hybridized carbons (Fsp3) is 0.571.